The highest BCUT2D eigenvalue weighted by molar-refractivity contribution is 6.30. The molecular formula is C24H18ClN3O3. The fourth-order valence-electron chi connectivity index (χ4n) is 2.99. The van der Waals surface area contributed by atoms with Gasteiger partial charge in [-0.25, -0.2) is 4.98 Å². The first-order chi connectivity index (χ1) is 15.1. The summed E-state index contributed by atoms with van der Waals surface area (Å²) in [5.41, 5.74) is 4.47. The van der Waals surface area contributed by atoms with E-state index in [2.05, 4.69) is 4.98 Å². The van der Waals surface area contributed by atoms with Crippen LogP contribution in [0.2, 0.25) is 5.02 Å². The lowest BCUT2D eigenvalue weighted by Crippen LogP contribution is -2.05. The van der Waals surface area contributed by atoms with Gasteiger partial charge in [0.2, 0.25) is 5.90 Å². The fourth-order valence-corrected chi connectivity index (χ4v) is 3.12. The largest absolute Gasteiger partial charge is 0.487 e. The van der Waals surface area contributed by atoms with Gasteiger partial charge in [-0.15, -0.1) is 0 Å². The van der Waals surface area contributed by atoms with E-state index in [4.69, 9.17) is 36.3 Å². The van der Waals surface area contributed by atoms with E-state index in [1.54, 1.807) is 18.4 Å². The quantitative estimate of drug-likeness (QED) is 0.207. The van der Waals surface area contributed by atoms with E-state index in [1.807, 2.05) is 60.7 Å². The molecule has 2 aromatic heterocycles. The van der Waals surface area contributed by atoms with Crippen molar-refractivity contribution < 1.29 is 13.9 Å². The van der Waals surface area contributed by atoms with Gasteiger partial charge in [-0.05, 0) is 53.6 Å². The molecule has 0 saturated heterocycles. The van der Waals surface area contributed by atoms with Crippen LogP contribution in [0.25, 0.3) is 22.7 Å². The molecule has 0 saturated carbocycles. The molecule has 7 heteroatoms. The number of aromatic nitrogens is 1. The molecule has 0 aliphatic rings. The molecule has 0 aliphatic heterocycles. The smallest absolute Gasteiger partial charge is 0.221 e. The normalized spacial score (nSPS) is 11.3. The molecule has 0 amide bonds. The van der Waals surface area contributed by atoms with Crippen LogP contribution in [0, 0.1) is 10.8 Å². The van der Waals surface area contributed by atoms with E-state index in [1.165, 1.54) is 0 Å². The maximum absolute atomic E-state index is 8.16. The minimum Gasteiger partial charge on any atom is -0.487 e. The molecular weight excluding hydrogens is 414 g/mol. The molecule has 2 heterocycles. The average Bonchev–Trinajstić information content (AvgIpc) is 3.26. The highest BCUT2D eigenvalue weighted by Gasteiger charge is 2.11. The SMILES string of the molecule is N=COC(=N)/C(=C/c1ccc(Cl)cc1)c1ccc(OCc2ccc3occc3n2)cc1. The Bertz CT molecular complexity index is 1250. The van der Waals surface area contributed by atoms with Crippen molar-refractivity contribution in [3.05, 3.63) is 94.8 Å². The number of nitrogens with zero attached hydrogens (tertiary/aromatic N) is 1. The molecule has 0 spiro atoms. The third-order valence-corrected chi connectivity index (χ3v) is 4.77. The third-order valence-electron chi connectivity index (χ3n) is 4.52. The van der Waals surface area contributed by atoms with E-state index in [-0.39, 0.29) is 5.90 Å². The van der Waals surface area contributed by atoms with Crippen LogP contribution < -0.4 is 4.74 Å². The monoisotopic (exact) mass is 431 g/mol. The van der Waals surface area contributed by atoms with Gasteiger partial charge in [0.05, 0.1) is 12.0 Å². The van der Waals surface area contributed by atoms with Crippen molar-refractivity contribution in [2.75, 3.05) is 0 Å². The second-order valence-corrected chi connectivity index (χ2v) is 7.03. The molecule has 154 valence electrons. The minimum atomic E-state index is -0.128. The Morgan fingerprint density at radius 2 is 1.77 bits per heavy atom. The molecule has 0 bridgehead atoms. The van der Waals surface area contributed by atoms with Crippen LogP contribution >= 0.6 is 11.6 Å². The summed E-state index contributed by atoms with van der Waals surface area (Å²) >= 11 is 5.95. The number of halogens is 1. The van der Waals surface area contributed by atoms with Crippen LogP contribution in [0.4, 0.5) is 0 Å². The number of ether oxygens (including phenoxy) is 2. The van der Waals surface area contributed by atoms with E-state index >= 15 is 0 Å². The van der Waals surface area contributed by atoms with Crippen LogP contribution in [0.3, 0.4) is 0 Å². The van der Waals surface area contributed by atoms with Crippen LogP contribution in [-0.4, -0.2) is 17.3 Å². The lowest BCUT2D eigenvalue weighted by Gasteiger charge is -2.10. The summed E-state index contributed by atoms with van der Waals surface area (Å²) in [7, 11) is 0. The van der Waals surface area contributed by atoms with Gasteiger partial charge in [0.25, 0.3) is 0 Å². The summed E-state index contributed by atoms with van der Waals surface area (Å²) in [6, 6.07) is 20.1. The summed E-state index contributed by atoms with van der Waals surface area (Å²) in [4.78, 5) is 4.49. The Hall–Kier alpha value is -3.90. The second-order valence-electron chi connectivity index (χ2n) is 6.59. The standard InChI is InChI=1S/C24H18ClN3O3/c25-18-5-1-16(2-6-18)13-21(24(27)31-15-26)17-3-8-20(9-4-17)30-14-19-7-10-23-22(28-19)11-12-29-23/h1-13,15,26-27H,14H2/b21-13+,26-15?,27-24?. The first-order valence-corrected chi connectivity index (χ1v) is 9.78. The molecule has 0 radical (unpaired) electrons. The Morgan fingerprint density at radius 3 is 2.52 bits per heavy atom. The van der Waals surface area contributed by atoms with Gasteiger partial charge in [0.15, 0.2) is 12.0 Å². The number of rotatable bonds is 7. The summed E-state index contributed by atoms with van der Waals surface area (Å²) in [5.74, 6) is 0.541. The molecule has 31 heavy (non-hydrogen) atoms. The zero-order valence-electron chi connectivity index (χ0n) is 16.3. The number of benzene rings is 2. The minimum absolute atomic E-state index is 0.128. The molecule has 0 aliphatic carbocycles. The first kappa shape index (κ1) is 20.4. The molecule has 2 N–H and O–H groups in total. The highest BCUT2D eigenvalue weighted by Crippen LogP contribution is 2.24. The molecule has 4 rings (SSSR count). The lowest BCUT2D eigenvalue weighted by atomic mass is 10.0. The van der Waals surface area contributed by atoms with Gasteiger partial charge in [-0.1, -0.05) is 35.9 Å². The van der Waals surface area contributed by atoms with Crippen molar-refractivity contribution in [2.45, 2.75) is 6.61 Å². The molecule has 2 aromatic carbocycles. The molecule has 0 fully saturated rings. The molecule has 0 atom stereocenters. The van der Waals surface area contributed by atoms with E-state index < -0.39 is 0 Å². The maximum atomic E-state index is 8.16. The summed E-state index contributed by atoms with van der Waals surface area (Å²) in [6.07, 6.45) is 4.15. The number of hydrogen-bond acceptors (Lipinski definition) is 6. The van der Waals surface area contributed by atoms with Crippen molar-refractivity contribution in [1.82, 2.24) is 4.98 Å². The molecule has 4 aromatic rings. The number of furan rings is 1. The van der Waals surface area contributed by atoms with Crippen molar-refractivity contribution in [3.8, 4) is 5.75 Å². The zero-order chi connectivity index (χ0) is 21.6. The Morgan fingerprint density at radius 1 is 1.00 bits per heavy atom. The van der Waals surface area contributed by atoms with Crippen LogP contribution in [0.5, 0.6) is 5.75 Å². The average molecular weight is 432 g/mol. The predicted molar refractivity (Wildman–Crippen MR) is 122 cm³/mol. The number of nitrogens with one attached hydrogen (secondary N) is 2. The maximum Gasteiger partial charge on any atom is 0.221 e. The van der Waals surface area contributed by atoms with Crippen LogP contribution in [0.15, 0.2) is 77.4 Å². The fraction of sp³-hybridized carbons (Fsp3) is 0.0417. The van der Waals surface area contributed by atoms with Gasteiger partial charge in [0.1, 0.15) is 17.9 Å². The van der Waals surface area contributed by atoms with Crippen LogP contribution in [-0.2, 0) is 11.3 Å². The third kappa shape index (κ3) is 4.99. The van der Waals surface area contributed by atoms with Gasteiger partial charge in [-0.2, -0.15) is 0 Å². The Kier molecular flexibility index (Phi) is 6.10. The van der Waals surface area contributed by atoms with Crippen molar-refractivity contribution >= 4 is 46.6 Å². The molecule has 0 unspecified atom stereocenters. The van der Waals surface area contributed by atoms with Gasteiger partial charge >= 0.3 is 0 Å². The number of hydrogen-bond donors (Lipinski definition) is 2. The Balaban J connectivity index is 1.52. The molecule has 6 nitrogen and oxygen atoms in total. The number of fused-ring (bicyclic) bond motifs is 1. The summed E-state index contributed by atoms with van der Waals surface area (Å²) in [5, 5.41) is 15.9. The van der Waals surface area contributed by atoms with Gasteiger partial charge < -0.3 is 13.9 Å². The van der Waals surface area contributed by atoms with E-state index in [0.29, 0.717) is 23.0 Å². The summed E-state index contributed by atoms with van der Waals surface area (Å²) < 4.78 is 16.1. The predicted octanol–water partition coefficient (Wildman–Crippen LogP) is 6.20. The van der Waals surface area contributed by atoms with Gasteiger partial charge in [-0.3, -0.25) is 10.8 Å². The Labute approximate surface area is 183 Å². The zero-order valence-corrected chi connectivity index (χ0v) is 17.1. The van der Waals surface area contributed by atoms with Crippen LogP contribution in [0.1, 0.15) is 16.8 Å². The number of pyridine rings is 1. The lowest BCUT2D eigenvalue weighted by molar-refractivity contribution is 0.302. The van der Waals surface area contributed by atoms with E-state index in [0.717, 1.165) is 34.3 Å². The van der Waals surface area contributed by atoms with Gasteiger partial charge in [0, 0.05) is 16.7 Å². The highest BCUT2D eigenvalue weighted by atomic mass is 35.5. The topological polar surface area (TPSA) is 92.2 Å². The van der Waals surface area contributed by atoms with Crippen molar-refractivity contribution in [2.24, 2.45) is 0 Å². The van der Waals surface area contributed by atoms with Crippen molar-refractivity contribution in [1.29, 1.82) is 10.8 Å². The first-order valence-electron chi connectivity index (χ1n) is 9.40. The second kappa shape index (κ2) is 9.28. The van der Waals surface area contributed by atoms with Crippen molar-refractivity contribution in [3.63, 3.8) is 0 Å². The van der Waals surface area contributed by atoms with E-state index in [9.17, 15) is 0 Å². The summed E-state index contributed by atoms with van der Waals surface area (Å²) in [6.45, 7) is 0.320.